The van der Waals surface area contributed by atoms with E-state index >= 15 is 0 Å². The minimum atomic E-state index is 0.159. The van der Waals surface area contributed by atoms with Gasteiger partial charge in [-0.05, 0) is 45.7 Å². The van der Waals surface area contributed by atoms with E-state index in [2.05, 4.69) is 0 Å². The topological polar surface area (TPSA) is 44.8 Å². The quantitative estimate of drug-likeness (QED) is 0.682. The molecule has 1 aliphatic rings. The molecule has 0 aliphatic heterocycles. The summed E-state index contributed by atoms with van der Waals surface area (Å²) in [6, 6.07) is 3.58. The molecule has 4 nitrogen and oxygen atoms in total. The lowest BCUT2D eigenvalue weighted by molar-refractivity contribution is 0.0854. The molecule has 0 saturated heterocycles. The summed E-state index contributed by atoms with van der Waals surface area (Å²) in [5.41, 5.74) is 0.662. The van der Waals surface area contributed by atoms with Crippen LogP contribution < -0.4 is 14.2 Å². The van der Waals surface area contributed by atoms with Crippen LogP contribution >= 0.6 is 0 Å². The second-order valence-corrected chi connectivity index (χ2v) is 5.09. The number of hydrogen-bond donors (Lipinski definition) is 0. The zero-order valence-corrected chi connectivity index (χ0v) is 13.1. The Kier molecular flexibility index (Phi) is 5.48. The molecular formula is C17H24O4. The van der Waals surface area contributed by atoms with Crippen molar-refractivity contribution < 1.29 is 19.0 Å². The number of ketones is 1. The highest BCUT2D eigenvalue weighted by atomic mass is 16.5. The van der Waals surface area contributed by atoms with Gasteiger partial charge in [0.25, 0.3) is 0 Å². The highest BCUT2D eigenvalue weighted by Gasteiger charge is 2.28. The summed E-state index contributed by atoms with van der Waals surface area (Å²) in [6.45, 7) is 7.31. The Labute approximate surface area is 126 Å². The first-order chi connectivity index (χ1) is 10.2. The monoisotopic (exact) mass is 292 g/mol. The van der Waals surface area contributed by atoms with Gasteiger partial charge in [0.05, 0.1) is 19.8 Å². The van der Waals surface area contributed by atoms with Crippen molar-refractivity contribution in [1.29, 1.82) is 0 Å². The predicted octanol–water partition coefficient (Wildman–Crippen LogP) is 3.87. The van der Waals surface area contributed by atoms with Gasteiger partial charge in [-0.25, -0.2) is 0 Å². The Bertz CT molecular complexity index is 465. The molecule has 1 saturated carbocycles. The van der Waals surface area contributed by atoms with Gasteiger partial charge in [-0.1, -0.05) is 6.42 Å². The van der Waals surface area contributed by atoms with Crippen LogP contribution in [0.4, 0.5) is 0 Å². The molecule has 0 radical (unpaired) electrons. The largest absolute Gasteiger partial charge is 0.490 e. The van der Waals surface area contributed by atoms with Gasteiger partial charge in [-0.15, -0.1) is 0 Å². The van der Waals surface area contributed by atoms with Crippen LogP contribution in [-0.4, -0.2) is 25.6 Å². The van der Waals surface area contributed by atoms with E-state index in [0.717, 1.165) is 19.3 Å². The fourth-order valence-electron chi connectivity index (χ4n) is 2.44. The molecule has 2 rings (SSSR count). The van der Waals surface area contributed by atoms with E-state index in [1.807, 2.05) is 20.8 Å². The average Bonchev–Trinajstić information content (AvgIpc) is 2.40. The number of Topliss-reactive ketones (excluding diaryl/α,β-unsaturated/α-hetero) is 1. The van der Waals surface area contributed by atoms with Crippen molar-refractivity contribution in [2.24, 2.45) is 5.92 Å². The molecule has 0 aromatic heterocycles. The van der Waals surface area contributed by atoms with E-state index < -0.39 is 0 Å². The summed E-state index contributed by atoms with van der Waals surface area (Å²) in [6.07, 6.45) is 3.12. The molecular weight excluding hydrogens is 268 g/mol. The first kappa shape index (κ1) is 15.7. The van der Waals surface area contributed by atoms with Crippen LogP contribution in [0.5, 0.6) is 17.2 Å². The fraction of sp³-hybridized carbons (Fsp3) is 0.588. The first-order valence-corrected chi connectivity index (χ1v) is 7.81. The smallest absolute Gasteiger partial charge is 0.203 e. The molecule has 116 valence electrons. The van der Waals surface area contributed by atoms with E-state index in [0.29, 0.717) is 42.6 Å². The van der Waals surface area contributed by atoms with Crippen LogP contribution in [0.2, 0.25) is 0 Å². The van der Waals surface area contributed by atoms with Gasteiger partial charge < -0.3 is 14.2 Å². The van der Waals surface area contributed by atoms with Crippen molar-refractivity contribution in [2.75, 3.05) is 19.8 Å². The number of rotatable bonds is 8. The minimum absolute atomic E-state index is 0.159. The normalized spacial score (nSPS) is 14.4. The van der Waals surface area contributed by atoms with Crippen LogP contribution in [0, 0.1) is 5.92 Å². The highest BCUT2D eigenvalue weighted by Crippen LogP contribution is 2.41. The van der Waals surface area contributed by atoms with Crippen molar-refractivity contribution in [3.05, 3.63) is 17.7 Å². The van der Waals surface area contributed by atoms with Crippen molar-refractivity contribution in [3.63, 3.8) is 0 Å². The third-order valence-corrected chi connectivity index (χ3v) is 3.67. The standard InChI is InChI=1S/C17H24O4/c1-4-19-14-10-13(16(18)12-8-7-9-12)11-15(20-5-2)17(14)21-6-3/h10-12H,4-9H2,1-3H3. The van der Waals surface area contributed by atoms with E-state index in [-0.39, 0.29) is 11.7 Å². The Morgan fingerprint density at radius 1 is 1.00 bits per heavy atom. The van der Waals surface area contributed by atoms with E-state index in [1.165, 1.54) is 0 Å². The molecule has 1 aromatic carbocycles. The number of carbonyl (C=O) groups is 1. The van der Waals surface area contributed by atoms with E-state index in [4.69, 9.17) is 14.2 Å². The molecule has 4 heteroatoms. The number of carbonyl (C=O) groups excluding carboxylic acids is 1. The average molecular weight is 292 g/mol. The maximum atomic E-state index is 12.5. The molecule has 0 spiro atoms. The number of benzene rings is 1. The molecule has 0 atom stereocenters. The lowest BCUT2D eigenvalue weighted by atomic mass is 9.80. The van der Waals surface area contributed by atoms with Gasteiger partial charge in [0.15, 0.2) is 17.3 Å². The molecule has 0 bridgehead atoms. The predicted molar refractivity (Wildman–Crippen MR) is 81.6 cm³/mol. The van der Waals surface area contributed by atoms with Gasteiger partial charge >= 0.3 is 0 Å². The first-order valence-electron chi connectivity index (χ1n) is 7.81. The maximum absolute atomic E-state index is 12.5. The fourth-order valence-corrected chi connectivity index (χ4v) is 2.44. The zero-order chi connectivity index (χ0) is 15.2. The summed E-state index contributed by atoms with van der Waals surface area (Å²) in [5.74, 6) is 2.12. The Morgan fingerprint density at radius 2 is 1.52 bits per heavy atom. The molecule has 1 aromatic rings. The minimum Gasteiger partial charge on any atom is -0.490 e. The Hall–Kier alpha value is -1.71. The Balaban J connectivity index is 2.38. The summed E-state index contributed by atoms with van der Waals surface area (Å²) in [4.78, 5) is 12.5. The van der Waals surface area contributed by atoms with Crippen molar-refractivity contribution in [1.82, 2.24) is 0 Å². The third kappa shape index (κ3) is 3.49. The number of hydrogen-bond acceptors (Lipinski definition) is 4. The van der Waals surface area contributed by atoms with Gasteiger partial charge in [0, 0.05) is 11.5 Å². The molecule has 0 amide bonds. The van der Waals surface area contributed by atoms with E-state index in [9.17, 15) is 4.79 Å². The van der Waals surface area contributed by atoms with Crippen molar-refractivity contribution in [2.45, 2.75) is 40.0 Å². The molecule has 0 heterocycles. The number of ether oxygens (including phenoxy) is 3. The van der Waals surface area contributed by atoms with Gasteiger partial charge in [0.1, 0.15) is 0 Å². The zero-order valence-electron chi connectivity index (χ0n) is 13.1. The van der Waals surface area contributed by atoms with Crippen LogP contribution in [0.1, 0.15) is 50.4 Å². The second-order valence-electron chi connectivity index (χ2n) is 5.09. The molecule has 0 unspecified atom stereocenters. The summed E-state index contributed by atoms with van der Waals surface area (Å²) < 4.78 is 16.9. The van der Waals surface area contributed by atoms with Crippen LogP contribution in [0.3, 0.4) is 0 Å². The summed E-state index contributed by atoms with van der Waals surface area (Å²) in [5, 5.41) is 0. The van der Waals surface area contributed by atoms with Crippen molar-refractivity contribution in [3.8, 4) is 17.2 Å². The van der Waals surface area contributed by atoms with Crippen molar-refractivity contribution >= 4 is 5.78 Å². The maximum Gasteiger partial charge on any atom is 0.203 e. The molecule has 1 fully saturated rings. The van der Waals surface area contributed by atoms with Crippen LogP contribution in [-0.2, 0) is 0 Å². The van der Waals surface area contributed by atoms with Crippen LogP contribution in [0.25, 0.3) is 0 Å². The highest BCUT2D eigenvalue weighted by molar-refractivity contribution is 5.99. The van der Waals surface area contributed by atoms with E-state index in [1.54, 1.807) is 12.1 Å². The lowest BCUT2D eigenvalue weighted by Crippen LogP contribution is -2.22. The third-order valence-electron chi connectivity index (χ3n) is 3.67. The lowest BCUT2D eigenvalue weighted by Gasteiger charge is -2.24. The summed E-state index contributed by atoms with van der Waals surface area (Å²) in [7, 11) is 0. The second kappa shape index (κ2) is 7.34. The van der Waals surface area contributed by atoms with Gasteiger partial charge in [-0.2, -0.15) is 0 Å². The van der Waals surface area contributed by atoms with Crippen LogP contribution in [0.15, 0.2) is 12.1 Å². The Morgan fingerprint density at radius 3 is 1.90 bits per heavy atom. The summed E-state index contributed by atoms with van der Waals surface area (Å²) >= 11 is 0. The van der Waals surface area contributed by atoms with Gasteiger partial charge in [0.2, 0.25) is 5.75 Å². The van der Waals surface area contributed by atoms with Gasteiger partial charge in [-0.3, -0.25) is 4.79 Å². The molecule has 0 N–H and O–H groups in total. The SMILES string of the molecule is CCOc1cc(C(=O)C2CCC2)cc(OCC)c1OCC. The molecule has 21 heavy (non-hydrogen) atoms. The molecule has 1 aliphatic carbocycles.